The predicted molar refractivity (Wildman–Crippen MR) is 51.4 cm³/mol. The first kappa shape index (κ1) is 10.3. The molecule has 0 unspecified atom stereocenters. The van der Waals surface area contributed by atoms with Gasteiger partial charge in [0.15, 0.2) is 0 Å². The van der Waals surface area contributed by atoms with Crippen LogP contribution in [0.4, 0.5) is 4.39 Å². The summed E-state index contributed by atoms with van der Waals surface area (Å²) in [5, 5.41) is 1.22. The molecule has 0 atom stereocenters. The molecule has 1 rings (SSSR count). The third-order valence-corrected chi connectivity index (χ3v) is 4.28. The van der Waals surface area contributed by atoms with Crippen molar-refractivity contribution in [3.8, 4) is 0 Å². The van der Waals surface area contributed by atoms with Crippen molar-refractivity contribution in [2.24, 2.45) is 0 Å². The summed E-state index contributed by atoms with van der Waals surface area (Å²) in [4.78, 5) is 0.0822. The fourth-order valence-electron chi connectivity index (χ4n) is 0.746. The lowest BCUT2D eigenvalue weighted by Crippen LogP contribution is -1.93. The molecule has 5 heteroatoms. The molecule has 0 saturated heterocycles. The average molecular weight is 218 g/mol. The second-order valence-electron chi connectivity index (χ2n) is 2.17. The second-order valence-corrected chi connectivity index (χ2v) is 5.97. The van der Waals surface area contributed by atoms with E-state index in [4.69, 9.17) is 0 Å². The highest BCUT2D eigenvalue weighted by Gasteiger charge is 2.12. The quantitative estimate of drug-likeness (QED) is 0.730. The Morgan fingerprint density at radius 2 is 1.85 bits per heavy atom. The average Bonchev–Trinajstić information content (AvgIpc) is 2.05. The SMILES string of the molecule is C=CSS(=O)(=O)c1ccc(F)cc1. The minimum Gasteiger partial charge on any atom is -0.212 e. The summed E-state index contributed by atoms with van der Waals surface area (Å²) >= 11 is 0. The molecule has 0 aromatic heterocycles. The smallest absolute Gasteiger partial charge is 0.212 e. The Hall–Kier alpha value is -0.810. The Labute approximate surface area is 79.8 Å². The van der Waals surface area contributed by atoms with E-state index in [0.717, 1.165) is 12.1 Å². The van der Waals surface area contributed by atoms with E-state index in [1.807, 2.05) is 0 Å². The lowest BCUT2D eigenvalue weighted by Gasteiger charge is -1.98. The van der Waals surface area contributed by atoms with E-state index >= 15 is 0 Å². The maximum Gasteiger partial charge on any atom is 0.233 e. The molecule has 0 bridgehead atoms. The van der Waals surface area contributed by atoms with Crippen molar-refractivity contribution in [1.82, 2.24) is 0 Å². The molecule has 0 aliphatic heterocycles. The van der Waals surface area contributed by atoms with Crippen LogP contribution in [0.5, 0.6) is 0 Å². The van der Waals surface area contributed by atoms with Crippen LogP contribution in [-0.2, 0) is 8.87 Å². The molecule has 0 heterocycles. The van der Waals surface area contributed by atoms with Crippen molar-refractivity contribution in [2.75, 3.05) is 0 Å². The second kappa shape index (κ2) is 3.93. The van der Waals surface area contributed by atoms with Crippen molar-refractivity contribution < 1.29 is 12.8 Å². The highest BCUT2D eigenvalue weighted by atomic mass is 33.1. The van der Waals surface area contributed by atoms with Gasteiger partial charge in [-0.15, -0.1) is 0 Å². The number of halogens is 1. The lowest BCUT2D eigenvalue weighted by atomic mass is 10.4. The molecule has 0 spiro atoms. The van der Waals surface area contributed by atoms with Gasteiger partial charge in [0.2, 0.25) is 8.87 Å². The molecule has 0 fully saturated rings. The van der Waals surface area contributed by atoms with Gasteiger partial charge in [-0.25, -0.2) is 12.8 Å². The van der Waals surface area contributed by atoms with Gasteiger partial charge < -0.3 is 0 Å². The topological polar surface area (TPSA) is 34.1 Å². The van der Waals surface area contributed by atoms with E-state index in [1.165, 1.54) is 17.5 Å². The van der Waals surface area contributed by atoms with Crippen LogP contribution < -0.4 is 0 Å². The number of benzene rings is 1. The number of hydrogen-bond acceptors (Lipinski definition) is 3. The molecule has 0 saturated carbocycles. The molecule has 0 N–H and O–H groups in total. The zero-order valence-corrected chi connectivity index (χ0v) is 8.24. The van der Waals surface area contributed by atoms with Crippen LogP contribution in [0.2, 0.25) is 0 Å². The van der Waals surface area contributed by atoms with Gasteiger partial charge in [-0.1, -0.05) is 6.58 Å². The van der Waals surface area contributed by atoms with Crippen molar-refractivity contribution >= 4 is 19.7 Å². The molecule has 1 aromatic rings. The van der Waals surface area contributed by atoms with Gasteiger partial charge >= 0.3 is 0 Å². The fraction of sp³-hybridized carbons (Fsp3) is 0. The number of hydrogen-bond donors (Lipinski definition) is 0. The van der Waals surface area contributed by atoms with Gasteiger partial charge in [0, 0.05) is 10.8 Å². The van der Waals surface area contributed by atoms with Gasteiger partial charge in [-0.05, 0) is 29.7 Å². The predicted octanol–water partition coefficient (Wildman–Crippen LogP) is 2.39. The molecule has 2 nitrogen and oxygen atoms in total. The van der Waals surface area contributed by atoms with Gasteiger partial charge in [-0.2, -0.15) is 0 Å². The Morgan fingerprint density at radius 1 is 1.31 bits per heavy atom. The van der Waals surface area contributed by atoms with Gasteiger partial charge in [0.1, 0.15) is 5.82 Å². The first-order chi connectivity index (χ1) is 6.06. The Balaban J connectivity index is 3.08. The fourth-order valence-corrected chi connectivity index (χ4v) is 2.71. The first-order valence-electron chi connectivity index (χ1n) is 3.36. The molecule has 70 valence electrons. The summed E-state index contributed by atoms with van der Waals surface area (Å²) in [5.74, 6) is -0.456. The van der Waals surface area contributed by atoms with Crippen LogP contribution in [0, 0.1) is 5.82 Å². The molecule has 1 aromatic carbocycles. The molecule has 0 radical (unpaired) electrons. The summed E-state index contributed by atoms with van der Waals surface area (Å²) in [6, 6.07) is 4.66. The van der Waals surface area contributed by atoms with Crippen LogP contribution in [-0.4, -0.2) is 8.42 Å². The summed E-state index contributed by atoms with van der Waals surface area (Å²) in [6.45, 7) is 3.30. The third kappa shape index (κ3) is 2.57. The Morgan fingerprint density at radius 3 is 2.31 bits per heavy atom. The van der Waals surface area contributed by atoms with E-state index in [-0.39, 0.29) is 4.90 Å². The van der Waals surface area contributed by atoms with E-state index < -0.39 is 14.7 Å². The zero-order valence-electron chi connectivity index (χ0n) is 6.60. The summed E-state index contributed by atoms with van der Waals surface area (Å²) in [7, 11) is -2.79. The van der Waals surface area contributed by atoms with Crippen molar-refractivity contribution in [2.45, 2.75) is 4.90 Å². The van der Waals surface area contributed by atoms with Crippen LogP contribution in [0.3, 0.4) is 0 Å². The highest BCUT2D eigenvalue weighted by Crippen LogP contribution is 2.23. The van der Waals surface area contributed by atoms with Crippen molar-refractivity contribution in [3.05, 3.63) is 42.1 Å². The van der Waals surface area contributed by atoms with E-state index in [9.17, 15) is 12.8 Å². The monoisotopic (exact) mass is 218 g/mol. The van der Waals surface area contributed by atoms with E-state index in [2.05, 4.69) is 6.58 Å². The van der Waals surface area contributed by atoms with Crippen LogP contribution in [0.15, 0.2) is 41.1 Å². The maximum absolute atomic E-state index is 12.4. The van der Waals surface area contributed by atoms with Crippen molar-refractivity contribution in [1.29, 1.82) is 0 Å². The van der Waals surface area contributed by atoms with E-state index in [0.29, 0.717) is 10.8 Å². The molecular weight excluding hydrogens is 211 g/mol. The molecule has 0 aliphatic rings. The minimum atomic E-state index is -3.40. The molecule has 0 aliphatic carbocycles. The minimum absolute atomic E-state index is 0.0822. The lowest BCUT2D eigenvalue weighted by molar-refractivity contribution is 0.608. The van der Waals surface area contributed by atoms with Crippen molar-refractivity contribution in [3.63, 3.8) is 0 Å². The highest BCUT2D eigenvalue weighted by molar-refractivity contribution is 8.73. The normalized spacial score (nSPS) is 11.2. The largest absolute Gasteiger partial charge is 0.233 e. The van der Waals surface area contributed by atoms with Gasteiger partial charge in [-0.3, -0.25) is 0 Å². The maximum atomic E-state index is 12.4. The van der Waals surface area contributed by atoms with Gasteiger partial charge in [0.25, 0.3) is 0 Å². The summed E-state index contributed by atoms with van der Waals surface area (Å²) in [5.41, 5.74) is 0. The molecule has 0 amide bonds. The Bertz CT molecular complexity index is 395. The first-order valence-corrected chi connectivity index (χ1v) is 6.24. The van der Waals surface area contributed by atoms with E-state index in [1.54, 1.807) is 0 Å². The van der Waals surface area contributed by atoms with Crippen LogP contribution >= 0.6 is 10.8 Å². The summed E-state index contributed by atoms with van der Waals surface area (Å²) in [6.07, 6.45) is 0. The standard InChI is InChI=1S/C8H7FO2S2/c1-2-12-13(10,11)8-5-3-7(9)4-6-8/h2-6H,1H2. The van der Waals surface area contributed by atoms with Gasteiger partial charge in [0.05, 0.1) is 4.90 Å². The summed E-state index contributed by atoms with van der Waals surface area (Å²) < 4.78 is 35.1. The molecular formula is C8H7FO2S2. The third-order valence-electron chi connectivity index (χ3n) is 1.30. The van der Waals surface area contributed by atoms with Crippen LogP contribution in [0.1, 0.15) is 0 Å². The molecule has 13 heavy (non-hydrogen) atoms. The number of rotatable bonds is 3. The van der Waals surface area contributed by atoms with Crippen LogP contribution in [0.25, 0.3) is 0 Å². The Kier molecular flexibility index (Phi) is 3.11. The zero-order chi connectivity index (χ0) is 9.90.